The van der Waals surface area contributed by atoms with Gasteiger partial charge in [0, 0.05) is 29.1 Å². The molecule has 2 aromatic heterocycles. The number of nitrogens with one attached hydrogen (secondary N) is 2. The van der Waals surface area contributed by atoms with Gasteiger partial charge in [-0.05, 0) is 36.5 Å². The van der Waals surface area contributed by atoms with Gasteiger partial charge in [0.15, 0.2) is 6.29 Å². The zero-order valence-electron chi connectivity index (χ0n) is 22.8. The van der Waals surface area contributed by atoms with Crippen molar-refractivity contribution >= 4 is 37.9 Å². The van der Waals surface area contributed by atoms with Gasteiger partial charge in [0.05, 0.1) is 7.11 Å². The van der Waals surface area contributed by atoms with Crippen LogP contribution < -0.4 is 14.8 Å². The lowest BCUT2D eigenvalue weighted by Gasteiger charge is -2.11. The van der Waals surface area contributed by atoms with E-state index in [9.17, 15) is 18.0 Å². The maximum Gasteiger partial charge on any atom is 0.357 e. The highest BCUT2D eigenvalue weighted by molar-refractivity contribution is 8.07. The van der Waals surface area contributed by atoms with E-state index in [1.807, 2.05) is 65.2 Å². The van der Waals surface area contributed by atoms with Crippen molar-refractivity contribution in [3.05, 3.63) is 76.8 Å². The summed E-state index contributed by atoms with van der Waals surface area (Å²) in [6.07, 6.45) is 1.51. The molecule has 0 aliphatic carbocycles. The van der Waals surface area contributed by atoms with Gasteiger partial charge in [-0.15, -0.1) is 11.3 Å². The molecule has 2 aromatic carbocycles. The molecule has 0 saturated carbocycles. The Morgan fingerprint density at radius 1 is 1.10 bits per heavy atom. The van der Waals surface area contributed by atoms with Crippen LogP contribution in [0, 0.1) is 5.92 Å². The van der Waals surface area contributed by atoms with Gasteiger partial charge in [-0.3, -0.25) is 14.3 Å². The molecule has 0 fully saturated rings. The van der Waals surface area contributed by atoms with Crippen LogP contribution in [0.3, 0.4) is 0 Å². The molecule has 0 spiro atoms. The summed E-state index contributed by atoms with van der Waals surface area (Å²) in [6.45, 7) is 6.42. The van der Waals surface area contributed by atoms with Gasteiger partial charge in [0.2, 0.25) is 5.88 Å². The molecule has 0 radical (unpaired) electrons. The van der Waals surface area contributed by atoms with Gasteiger partial charge in [-0.25, -0.2) is 0 Å². The Bertz CT molecular complexity index is 1590. The van der Waals surface area contributed by atoms with E-state index < -0.39 is 15.3 Å². The van der Waals surface area contributed by atoms with Crippen molar-refractivity contribution in [1.29, 1.82) is 0 Å². The fourth-order valence-corrected chi connectivity index (χ4v) is 6.71. The molecule has 1 amide bonds. The van der Waals surface area contributed by atoms with Crippen molar-refractivity contribution in [1.82, 2.24) is 14.9 Å². The van der Waals surface area contributed by atoms with E-state index in [-0.39, 0.29) is 12.4 Å². The van der Waals surface area contributed by atoms with Gasteiger partial charge in [0.1, 0.15) is 16.5 Å². The second-order valence-electron chi connectivity index (χ2n) is 9.57. The highest BCUT2D eigenvalue weighted by Gasteiger charge is 2.25. The van der Waals surface area contributed by atoms with E-state index >= 15 is 0 Å². The molecule has 0 saturated heterocycles. The Morgan fingerprint density at radius 2 is 1.80 bits per heavy atom. The highest BCUT2D eigenvalue weighted by atomic mass is 32.2. The summed E-state index contributed by atoms with van der Waals surface area (Å²) in [5.41, 5.74) is 3.59. The topological polar surface area (TPSA) is 119 Å². The SMILES string of the molecule is CCNC(=O)S(=O)(=O)Nc1sc(CC(C)C)cc1-c1ccc(Cn2c(-c3ccccc3)nc(OC)c2C=O)cc1. The molecule has 11 heteroatoms. The van der Waals surface area contributed by atoms with Gasteiger partial charge in [-0.2, -0.15) is 13.4 Å². The fourth-order valence-electron chi connectivity index (χ4n) is 4.29. The predicted octanol–water partition coefficient (Wildman–Crippen LogP) is 5.82. The van der Waals surface area contributed by atoms with Crippen molar-refractivity contribution in [2.24, 2.45) is 5.92 Å². The molecule has 2 N–H and O–H groups in total. The first kappa shape index (κ1) is 29.0. The number of ether oxygens (including phenoxy) is 1. The van der Waals surface area contributed by atoms with Crippen LogP contribution in [0.1, 0.15) is 41.7 Å². The number of methoxy groups -OCH3 is 1. The predicted molar refractivity (Wildman–Crippen MR) is 159 cm³/mol. The highest BCUT2D eigenvalue weighted by Crippen LogP contribution is 2.38. The zero-order valence-corrected chi connectivity index (χ0v) is 24.4. The number of amides is 1. The van der Waals surface area contributed by atoms with Gasteiger partial charge in [0.25, 0.3) is 0 Å². The number of carbonyl (C=O) groups excluding carboxylic acids is 2. The number of anilines is 1. The molecule has 0 atom stereocenters. The number of rotatable bonds is 11. The third kappa shape index (κ3) is 6.43. The van der Waals surface area contributed by atoms with Crippen LogP contribution in [-0.2, 0) is 23.0 Å². The summed E-state index contributed by atoms with van der Waals surface area (Å²) in [5.74, 6) is 1.24. The molecular formula is C29H32N4O5S2. The van der Waals surface area contributed by atoms with Crippen molar-refractivity contribution < 1.29 is 22.7 Å². The molecule has 0 aliphatic rings. The Balaban J connectivity index is 1.68. The third-order valence-electron chi connectivity index (χ3n) is 6.10. The molecular weight excluding hydrogens is 548 g/mol. The second kappa shape index (κ2) is 12.5. The molecule has 0 unspecified atom stereocenters. The Labute approximate surface area is 238 Å². The zero-order chi connectivity index (χ0) is 28.9. The molecule has 210 valence electrons. The quantitative estimate of drug-likeness (QED) is 0.216. The minimum absolute atomic E-state index is 0.206. The van der Waals surface area contributed by atoms with Crippen LogP contribution in [-0.4, -0.2) is 43.1 Å². The summed E-state index contributed by atoms with van der Waals surface area (Å²) < 4.78 is 34.9. The maximum atomic E-state index is 12.6. The van der Waals surface area contributed by atoms with Crippen LogP contribution in [0.25, 0.3) is 22.5 Å². The van der Waals surface area contributed by atoms with Crippen molar-refractivity contribution in [3.8, 4) is 28.4 Å². The van der Waals surface area contributed by atoms with Crippen LogP contribution >= 0.6 is 11.3 Å². The van der Waals surface area contributed by atoms with Crippen LogP contribution in [0.4, 0.5) is 9.80 Å². The first-order valence-corrected chi connectivity index (χ1v) is 15.1. The van der Waals surface area contributed by atoms with E-state index in [4.69, 9.17) is 4.74 Å². The van der Waals surface area contributed by atoms with Crippen LogP contribution in [0.5, 0.6) is 5.88 Å². The second-order valence-corrected chi connectivity index (χ2v) is 12.3. The molecule has 2 heterocycles. The molecule has 9 nitrogen and oxygen atoms in total. The Morgan fingerprint density at radius 3 is 2.40 bits per heavy atom. The number of thiophene rings is 1. The van der Waals surface area contributed by atoms with Crippen LogP contribution in [0.2, 0.25) is 0 Å². The number of imidazole rings is 1. The largest absolute Gasteiger partial charge is 0.479 e. The number of hydrogen-bond donors (Lipinski definition) is 2. The van der Waals surface area contributed by atoms with Gasteiger partial charge in [-0.1, -0.05) is 68.4 Å². The molecule has 40 heavy (non-hydrogen) atoms. The van der Waals surface area contributed by atoms with E-state index in [1.165, 1.54) is 18.4 Å². The van der Waals surface area contributed by atoms with Crippen molar-refractivity contribution in [2.75, 3.05) is 18.4 Å². The number of sulfonamides is 1. The minimum atomic E-state index is -4.25. The fraction of sp³-hybridized carbons (Fsp3) is 0.276. The number of aldehydes is 1. The smallest absolute Gasteiger partial charge is 0.357 e. The molecule has 0 aliphatic heterocycles. The number of benzene rings is 2. The first-order valence-electron chi connectivity index (χ1n) is 12.8. The van der Waals surface area contributed by atoms with E-state index in [1.54, 1.807) is 6.92 Å². The lowest BCUT2D eigenvalue weighted by molar-refractivity contribution is 0.111. The monoisotopic (exact) mass is 580 g/mol. The first-order chi connectivity index (χ1) is 19.2. The third-order valence-corrected chi connectivity index (χ3v) is 8.41. The van der Waals surface area contributed by atoms with E-state index in [0.29, 0.717) is 34.5 Å². The van der Waals surface area contributed by atoms with Crippen LogP contribution in [0.15, 0.2) is 60.7 Å². The van der Waals surface area contributed by atoms with Gasteiger partial charge < -0.3 is 14.6 Å². The summed E-state index contributed by atoms with van der Waals surface area (Å²) in [6, 6.07) is 19.2. The normalized spacial score (nSPS) is 11.4. The van der Waals surface area contributed by atoms with Crippen molar-refractivity contribution in [2.45, 2.75) is 33.7 Å². The lowest BCUT2D eigenvalue weighted by atomic mass is 10.0. The summed E-state index contributed by atoms with van der Waals surface area (Å²) >= 11 is 1.33. The van der Waals surface area contributed by atoms with E-state index in [2.05, 4.69) is 28.9 Å². The molecule has 4 aromatic rings. The molecule has 0 bridgehead atoms. The minimum Gasteiger partial charge on any atom is -0.479 e. The lowest BCUT2D eigenvalue weighted by Crippen LogP contribution is -2.33. The number of aromatic nitrogens is 2. The average Bonchev–Trinajstić information content (AvgIpc) is 3.49. The standard InChI is InChI=1S/C29H32N4O5S2/c1-5-30-29(35)40(36,37)32-28-24(16-23(39-28)15-19(2)3)21-13-11-20(12-14-21)17-33-25(18-34)27(38-4)31-26(33)22-9-7-6-8-10-22/h6-14,16,18-19,32H,5,15,17H2,1-4H3,(H,30,35). The van der Waals surface area contributed by atoms with Gasteiger partial charge >= 0.3 is 15.3 Å². The summed E-state index contributed by atoms with van der Waals surface area (Å²) in [5, 5.41) is 1.67. The number of nitrogens with zero attached hydrogens (tertiary/aromatic N) is 2. The summed E-state index contributed by atoms with van der Waals surface area (Å²) in [7, 11) is -2.77. The number of hydrogen-bond acceptors (Lipinski definition) is 7. The van der Waals surface area contributed by atoms with Crippen molar-refractivity contribution in [3.63, 3.8) is 0 Å². The average molecular weight is 581 g/mol. The number of carbonyl (C=O) groups is 2. The molecule has 4 rings (SSSR count). The Kier molecular flexibility index (Phi) is 9.06. The maximum absolute atomic E-state index is 12.6. The summed E-state index contributed by atoms with van der Waals surface area (Å²) in [4.78, 5) is 29.7. The Hall–Kier alpha value is -3.96. The van der Waals surface area contributed by atoms with E-state index in [0.717, 1.165) is 34.3 Å².